The van der Waals surface area contributed by atoms with E-state index in [1.54, 1.807) is 0 Å². The van der Waals surface area contributed by atoms with Crippen molar-refractivity contribution in [3.05, 3.63) is 0 Å². The Balaban J connectivity index is 0.000000490. The lowest BCUT2D eigenvalue weighted by Gasteiger charge is -2.20. The number of nitrogens with one attached hydrogen (secondary N) is 1. The van der Waals surface area contributed by atoms with Crippen LogP contribution in [-0.4, -0.2) is 38.3 Å². The summed E-state index contributed by atoms with van der Waals surface area (Å²) in [7, 11) is 4.47. The van der Waals surface area contributed by atoms with Gasteiger partial charge in [-0.2, -0.15) is 0 Å². The maximum atomic E-state index is 3.28. The zero-order valence-electron chi connectivity index (χ0n) is 5.48. The second-order valence-electron chi connectivity index (χ2n) is 2.82. The first-order chi connectivity index (χ1) is 3.21. The number of quaternary nitrogens is 1. The van der Waals surface area contributed by atoms with Crippen LogP contribution in [0.2, 0.25) is 0 Å². The molecule has 0 unspecified atom stereocenters. The summed E-state index contributed by atoms with van der Waals surface area (Å²) in [6.45, 7) is 3.60. The first-order valence-electron chi connectivity index (χ1n) is 2.73. The minimum atomic E-state index is 0. The van der Waals surface area contributed by atoms with Gasteiger partial charge in [-0.25, -0.2) is 0 Å². The lowest BCUT2D eigenvalue weighted by molar-refractivity contribution is -0.878. The first kappa shape index (κ1) is 8.21. The third-order valence-corrected chi connectivity index (χ3v) is 1.43. The molecule has 1 aliphatic rings. The van der Waals surface area contributed by atoms with Crippen molar-refractivity contribution >= 4 is 12.4 Å². The van der Waals surface area contributed by atoms with Crippen molar-refractivity contribution in [2.24, 2.45) is 0 Å². The van der Waals surface area contributed by atoms with Crippen molar-refractivity contribution in [3.63, 3.8) is 0 Å². The van der Waals surface area contributed by atoms with Gasteiger partial charge in [0.25, 0.3) is 0 Å². The predicted molar refractivity (Wildman–Crippen MR) is 37.1 cm³/mol. The summed E-state index contributed by atoms with van der Waals surface area (Å²) in [5.41, 5.74) is 0. The predicted octanol–water partition coefficient (Wildman–Crippen LogP) is 0.0453. The van der Waals surface area contributed by atoms with E-state index in [9.17, 15) is 0 Å². The van der Waals surface area contributed by atoms with Crippen LogP contribution < -0.4 is 5.32 Å². The van der Waals surface area contributed by atoms with Gasteiger partial charge in [0, 0.05) is 6.54 Å². The summed E-state index contributed by atoms with van der Waals surface area (Å²) in [6.07, 6.45) is 0. The summed E-state index contributed by atoms with van der Waals surface area (Å²) >= 11 is 0. The Hall–Kier alpha value is 0.210. The van der Waals surface area contributed by atoms with E-state index < -0.39 is 0 Å². The second-order valence-corrected chi connectivity index (χ2v) is 2.82. The fraction of sp³-hybridized carbons (Fsp3) is 1.00. The highest BCUT2D eigenvalue weighted by molar-refractivity contribution is 5.85. The summed E-state index contributed by atoms with van der Waals surface area (Å²) < 4.78 is 1.14. The minimum Gasteiger partial charge on any atom is -0.315 e. The van der Waals surface area contributed by atoms with Crippen LogP contribution in [0.3, 0.4) is 0 Å². The number of hydrogen-bond acceptors (Lipinski definition) is 1. The van der Waals surface area contributed by atoms with Gasteiger partial charge >= 0.3 is 0 Å². The van der Waals surface area contributed by atoms with E-state index in [-0.39, 0.29) is 12.4 Å². The number of hydrogen-bond donors (Lipinski definition) is 1. The van der Waals surface area contributed by atoms with E-state index in [0.29, 0.717) is 0 Å². The van der Waals surface area contributed by atoms with Gasteiger partial charge in [0.15, 0.2) is 0 Å². The van der Waals surface area contributed by atoms with Gasteiger partial charge in [-0.1, -0.05) is 0 Å². The summed E-state index contributed by atoms with van der Waals surface area (Å²) in [5.74, 6) is 0. The number of halogens is 1. The van der Waals surface area contributed by atoms with Crippen molar-refractivity contribution in [3.8, 4) is 0 Å². The average Bonchev–Trinajstić information content (AvgIpc) is 1.84. The molecule has 1 fully saturated rings. The van der Waals surface area contributed by atoms with Crippen molar-refractivity contribution < 1.29 is 4.48 Å². The molecule has 1 aliphatic heterocycles. The van der Waals surface area contributed by atoms with E-state index >= 15 is 0 Å². The molecule has 0 radical (unpaired) electrons. The molecule has 0 amide bonds. The van der Waals surface area contributed by atoms with Crippen LogP contribution in [0, 0.1) is 0 Å². The monoisotopic (exact) mass is 137 g/mol. The fourth-order valence-electron chi connectivity index (χ4n) is 0.842. The van der Waals surface area contributed by atoms with Crippen LogP contribution in [0.5, 0.6) is 0 Å². The molecular weight excluding hydrogens is 124 g/mol. The average molecular weight is 138 g/mol. The summed E-state index contributed by atoms with van der Waals surface area (Å²) in [6, 6.07) is 0. The maximum Gasteiger partial charge on any atom is 0.132 e. The normalized spacial score (nSPS) is 24.8. The topological polar surface area (TPSA) is 12.0 Å². The van der Waals surface area contributed by atoms with E-state index in [0.717, 1.165) is 11.2 Å². The lowest BCUT2D eigenvalue weighted by Crippen LogP contribution is -2.37. The summed E-state index contributed by atoms with van der Waals surface area (Å²) in [4.78, 5) is 0. The van der Waals surface area contributed by atoms with Gasteiger partial charge in [-0.3, -0.25) is 5.32 Å². The molecule has 1 heterocycles. The molecule has 0 bridgehead atoms. The largest absolute Gasteiger partial charge is 0.315 e. The zero-order chi connectivity index (χ0) is 5.33. The molecule has 0 aliphatic carbocycles. The van der Waals surface area contributed by atoms with Crippen molar-refractivity contribution in [1.82, 2.24) is 5.32 Å². The van der Waals surface area contributed by atoms with Gasteiger partial charge < -0.3 is 4.48 Å². The van der Waals surface area contributed by atoms with Crippen LogP contribution in [-0.2, 0) is 0 Å². The molecule has 1 rings (SSSR count). The fourth-order valence-corrected chi connectivity index (χ4v) is 0.842. The molecule has 2 nitrogen and oxygen atoms in total. The van der Waals surface area contributed by atoms with Gasteiger partial charge in [-0.05, 0) is 0 Å². The van der Waals surface area contributed by atoms with Gasteiger partial charge in [0.2, 0.25) is 0 Å². The van der Waals surface area contributed by atoms with Gasteiger partial charge in [0.05, 0.1) is 20.6 Å². The Morgan fingerprint density at radius 1 is 1.38 bits per heavy atom. The molecule has 0 saturated carbocycles. The highest BCUT2D eigenvalue weighted by Crippen LogP contribution is 1.97. The summed E-state index contributed by atoms with van der Waals surface area (Å²) in [5, 5.41) is 3.28. The second kappa shape index (κ2) is 2.67. The highest BCUT2D eigenvalue weighted by atomic mass is 35.5. The van der Waals surface area contributed by atoms with Gasteiger partial charge in [-0.15, -0.1) is 12.4 Å². The molecular formula is C5H14ClN2+. The smallest absolute Gasteiger partial charge is 0.132 e. The Kier molecular flexibility index (Phi) is 2.74. The standard InChI is InChI=1S/C5H13N2.ClH/c1-7(2)4-3-6-5-7;/h6H,3-5H2,1-2H3;1H/q+1;. The lowest BCUT2D eigenvalue weighted by atomic mass is 10.6. The Labute approximate surface area is 56.9 Å². The molecule has 50 valence electrons. The van der Waals surface area contributed by atoms with E-state index in [4.69, 9.17) is 0 Å². The molecule has 0 atom stereocenters. The highest BCUT2D eigenvalue weighted by Gasteiger charge is 2.19. The first-order valence-corrected chi connectivity index (χ1v) is 2.73. The quantitative estimate of drug-likeness (QED) is 0.465. The molecule has 1 N–H and O–H groups in total. The van der Waals surface area contributed by atoms with E-state index in [2.05, 4.69) is 19.4 Å². The molecule has 0 aromatic rings. The maximum absolute atomic E-state index is 3.28. The number of likely N-dealkylation sites (N-methyl/N-ethyl adjacent to an activating group) is 1. The van der Waals surface area contributed by atoms with Crippen LogP contribution in [0.25, 0.3) is 0 Å². The molecule has 0 aromatic carbocycles. The third kappa shape index (κ3) is 1.99. The number of rotatable bonds is 0. The van der Waals surface area contributed by atoms with Crippen molar-refractivity contribution in [1.29, 1.82) is 0 Å². The molecule has 0 spiro atoms. The van der Waals surface area contributed by atoms with E-state index in [1.165, 1.54) is 13.1 Å². The van der Waals surface area contributed by atoms with E-state index in [1.807, 2.05) is 0 Å². The van der Waals surface area contributed by atoms with Crippen LogP contribution >= 0.6 is 12.4 Å². The van der Waals surface area contributed by atoms with Gasteiger partial charge in [0.1, 0.15) is 6.67 Å². The zero-order valence-corrected chi connectivity index (χ0v) is 6.29. The molecule has 8 heavy (non-hydrogen) atoms. The SMILES string of the molecule is C[N+]1(C)CCNC1.Cl. The van der Waals surface area contributed by atoms with Crippen LogP contribution in [0.4, 0.5) is 0 Å². The Morgan fingerprint density at radius 3 is 2.12 bits per heavy atom. The Morgan fingerprint density at radius 2 is 2.00 bits per heavy atom. The third-order valence-electron chi connectivity index (χ3n) is 1.43. The molecule has 3 heteroatoms. The van der Waals surface area contributed by atoms with Crippen molar-refractivity contribution in [2.45, 2.75) is 0 Å². The minimum absolute atomic E-state index is 0. The molecule has 1 saturated heterocycles. The van der Waals surface area contributed by atoms with Crippen LogP contribution in [0.15, 0.2) is 0 Å². The van der Waals surface area contributed by atoms with Crippen molar-refractivity contribution in [2.75, 3.05) is 33.9 Å². The number of nitrogens with zero attached hydrogens (tertiary/aromatic N) is 1. The van der Waals surface area contributed by atoms with Crippen LogP contribution in [0.1, 0.15) is 0 Å². The molecule has 0 aromatic heterocycles. The Bertz CT molecular complexity index is 64.8.